The van der Waals surface area contributed by atoms with Gasteiger partial charge in [-0.3, -0.25) is 19.6 Å². The average molecular weight is 532 g/mol. The quantitative estimate of drug-likeness (QED) is 0.446. The summed E-state index contributed by atoms with van der Waals surface area (Å²) >= 11 is 0. The van der Waals surface area contributed by atoms with Crippen molar-refractivity contribution in [2.24, 2.45) is 0 Å². The molecule has 39 heavy (non-hydrogen) atoms. The number of hydrogen-bond donors (Lipinski definition) is 1. The molecular formula is C32H45N5O2. The number of carbonyl (C=O) groups excluding carboxylic acids is 1. The number of hydrogen-bond acceptors (Lipinski definition) is 5. The first kappa shape index (κ1) is 27.8. The number of likely N-dealkylation sites (tertiary alicyclic amines) is 1. The lowest BCUT2D eigenvalue weighted by molar-refractivity contribution is -0.134. The molecule has 5 rings (SSSR count). The van der Waals surface area contributed by atoms with Crippen LogP contribution in [0.15, 0.2) is 30.3 Å². The van der Waals surface area contributed by atoms with E-state index < -0.39 is 0 Å². The fourth-order valence-electron chi connectivity index (χ4n) is 6.45. The topological polar surface area (TPSA) is 64.7 Å². The SMILES string of the molecule is COCCN1CCN(C(=O)CN2CCC(c3ccc4[nH]c(-c5cc(C)nc(C)c5)c(C(C)C)c4c3)CC2)CC1. The third kappa shape index (κ3) is 6.37. The van der Waals surface area contributed by atoms with Gasteiger partial charge in [0.2, 0.25) is 5.91 Å². The number of ether oxygens (including phenoxy) is 1. The molecule has 2 aliphatic heterocycles. The molecule has 0 radical (unpaired) electrons. The van der Waals surface area contributed by atoms with Crippen LogP contribution in [0.4, 0.5) is 0 Å². The molecule has 2 fully saturated rings. The van der Waals surface area contributed by atoms with Gasteiger partial charge in [0.05, 0.1) is 18.8 Å². The molecular weight excluding hydrogens is 486 g/mol. The van der Waals surface area contributed by atoms with Crippen LogP contribution in [-0.4, -0.2) is 96.6 Å². The number of piperidine rings is 1. The molecule has 0 unspecified atom stereocenters. The molecule has 210 valence electrons. The number of amides is 1. The Morgan fingerprint density at radius 3 is 2.33 bits per heavy atom. The van der Waals surface area contributed by atoms with E-state index in [1.54, 1.807) is 7.11 Å². The van der Waals surface area contributed by atoms with Gasteiger partial charge in [0.25, 0.3) is 0 Å². The van der Waals surface area contributed by atoms with E-state index >= 15 is 0 Å². The van der Waals surface area contributed by atoms with Crippen LogP contribution in [0.3, 0.4) is 0 Å². The van der Waals surface area contributed by atoms with Crippen molar-refractivity contribution in [2.75, 3.05) is 66.1 Å². The fraction of sp³-hybridized carbons (Fsp3) is 0.562. The molecule has 2 saturated heterocycles. The number of fused-ring (bicyclic) bond motifs is 1. The number of aromatic amines is 1. The van der Waals surface area contributed by atoms with Crippen LogP contribution in [0.25, 0.3) is 22.2 Å². The molecule has 0 spiro atoms. The van der Waals surface area contributed by atoms with E-state index in [0.717, 1.165) is 76.6 Å². The zero-order chi connectivity index (χ0) is 27.5. The molecule has 4 heterocycles. The summed E-state index contributed by atoms with van der Waals surface area (Å²) in [5.41, 5.74) is 8.56. The number of pyridine rings is 1. The van der Waals surface area contributed by atoms with Gasteiger partial charge in [0.1, 0.15) is 0 Å². The maximum absolute atomic E-state index is 13.0. The smallest absolute Gasteiger partial charge is 0.236 e. The number of H-pyrrole nitrogens is 1. The average Bonchev–Trinajstić information content (AvgIpc) is 3.31. The Balaban J connectivity index is 1.23. The third-order valence-corrected chi connectivity index (χ3v) is 8.56. The summed E-state index contributed by atoms with van der Waals surface area (Å²) in [6.07, 6.45) is 2.20. The summed E-state index contributed by atoms with van der Waals surface area (Å²) < 4.78 is 5.19. The van der Waals surface area contributed by atoms with E-state index in [-0.39, 0.29) is 5.91 Å². The van der Waals surface area contributed by atoms with Gasteiger partial charge < -0.3 is 14.6 Å². The fourth-order valence-corrected chi connectivity index (χ4v) is 6.45. The highest BCUT2D eigenvalue weighted by Crippen LogP contribution is 2.38. The number of piperazine rings is 1. The predicted molar refractivity (Wildman–Crippen MR) is 158 cm³/mol. The van der Waals surface area contributed by atoms with Crippen molar-refractivity contribution in [3.05, 3.63) is 52.8 Å². The van der Waals surface area contributed by atoms with E-state index in [0.29, 0.717) is 18.4 Å². The van der Waals surface area contributed by atoms with E-state index in [2.05, 4.69) is 77.8 Å². The highest BCUT2D eigenvalue weighted by Gasteiger charge is 2.27. The number of aryl methyl sites for hydroxylation is 2. The first-order valence-electron chi connectivity index (χ1n) is 14.6. The Morgan fingerprint density at radius 1 is 1.00 bits per heavy atom. The summed E-state index contributed by atoms with van der Waals surface area (Å²) in [6, 6.07) is 11.4. The van der Waals surface area contributed by atoms with Crippen LogP contribution in [-0.2, 0) is 9.53 Å². The standard InChI is InChI=1S/C32H45N5O2/c1-22(2)31-28-20-26(6-7-29(28)34-32(31)27-18-23(3)33-24(4)19-27)25-8-10-36(11-9-25)21-30(38)37-14-12-35(13-15-37)16-17-39-5/h6-7,18-20,22,25,34H,8-17,21H2,1-5H3. The number of nitrogens with zero attached hydrogens (tertiary/aromatic N) is 4. The Kier molecular flexibility index (Phi) is 8.70. The second-order valence-electron chi connectivity index (χ2n) is 11.8. The lowest BCUT2D eigenvalue weighted by Crippen LogP contribution is -2.52. The largest absolute Gasteiger partial charge is 0.383 e. The number of benzene rings is 1. The summed E-state index contributed by atoms with van der Waals surface area (Å²) in [5, 5.41) is 1.34. The highest BCUT2D eigenvalue weighted by molar-refractivity contribution is 5.92. The zero-order valence-electron chi connectivity index (χ0n) is 24.4. The van der Waals surface area contributed by atoms with E-state index in [9.17, 15) is 4.79 Å². The van der Waals surface area contributed by atoms with Crippen molar-refractivity contribution < 1.29 is 9.53 Å². The van der Waals surface area contributed by atoms with Crippen molar-refractivity contribution in [3.63, 3.8) is 0 Å². The van der Waals surface area contributed by atoms with Gasteiger partial charge in [0.15, 0.2) is 0 Å². The lowest BCUT2D eigenvalue weighted by Gasteiger charge is -2.37. The molecule has 0 atom stereocenters. The molecule has 3 aromatic rings. The summed E-state index contributed by atoms with van der Waals surface area (Å²) in [4.78, 5) is 28.1. The van der Waals surface area contributed by atoms with E-state index in [4.69, 9.17) is 4.74 Å². The maximum Gasteiger partial charge on any atom is 0.236 e. The summed E-state index contributed by atoms with van der Waals surface area (Å²) in [7, 11) is 1.74. The van der Waals surface area contributed by atoms with Gasteiger partial charge in [-0.1, -0.05) is 19.9 Å². The zero-order valence-corrected chi connectivity index (χ0v) is 24.4. The number of methoxy groups -OCH3 is 1. The lowest BCUT2D eigenvalue weighted by atomic mass is 9.87. The van der Waals surface area contributed by atoms with Gasteiger partial charge in [0, 0.05) is 67.7 Å². The van der Waals surface area contributed by atoms with Gasteiger partial charge in [-0.15, -0.1) is 0 Å². The first-order valence-corrected chi connectivity index (χ1v) is 14.6. The van der Waals surface area contributed by atoms with Gasteiger partial charge in [-0.05, 0) is 87.0 Å². The molecule has 2 aliphatic rings. The molecule has 0 saturated carbocycles. The van der Waals surface area contributed by atoms with Crippen LogP contribution in [0.2, 0.25) is 0 Å². The number of carbonyl (C=O) groups is 1. The minimum absolute atomic E-state index is 0.282. The molecule has 2 aromatic heterocycles. The molecule has 0 bridgehead atoms. The van der Waals surface area contributed by atoms with Crippen LogP contribution < -0.4 is 0 Å². The second kappa shape index (κ2) is 12.2. The highest BCUT2D eigenvalue weighted by atomic mass is 16.5. The van der Waals surface area contributed by atoms with E-state index in [1.165, 1.54) is 33.3 Å². The van der Waals surface area contributed by atoms with E-state index in [1.807, 2.05) is 4.90 Å². The number of rotatable bonds is 8. The van der Waals surface area contributed by atoms with Crippen LogP contribution >= 0.6 is 0 Å². The summed E-state index contributed by atoms with van der Waals surface area (Å²) in [5.74, 6) is 1.23. The van der Waals surface area contributed by atoms with Crippen molar-refractivity contribution in [1.82, 2.24) is 24.7 Å². The molecule has 1 N–H and O–H groups in total. The van der Waals surface area contributed by atoms with Gasteiger partial charge in [-0.25, -0.2) is 0 Å². The van der Waals surface area contributed by atoms with Crippen molar-refractivity contribution >= 4 is 16.8 Å². The molecule has 1 amide bonds. The first-order chi connectivity index (χ1) is 18.8. The van der Waals surface area contributed by atoms with Crippen LogP contribution in [0.5, 0.6) is 0 Å². The molecule has 0 aliphatic carbocycles. The van der Waals surface area contributed by atoms with Gasteiger partial charge >= 0.3 is 0 Å². The minimum Gasteiger partial charge on any atom is -0.383 e. The minimum atomic E-state index is 0.282. The predicted octanol–water partition coefficient (Wildman–Crippen LogP) is 4.94. The molecule has 7 heteroatoms. The molecule has 7 nitrogen and oxygen atoms in total. The Hall–Kier alpha value is -2.74. The molecule has 1 aromatic carbocycles. The summed E-state index contributed by atoms with van der Waals surface area (Å²) in [6.45, 7) is 16.5. The normalized spacial score (nSPS) is 17.9. The maximum atomic E-state index is 13.0. The van der Waals surface area contributed by atoms with Crippen molar-refractivity contribution in [3.8, 4) is 11.3 Å². The Bertz CT molecular complexity index is 1260. The Morgan fingerprint density at radius 2 is 1.69 bits per heavy atom. The number of nitrogens with one attached hydrogen (secondary N) is 1. The van der Waals surface area contributed by atoms with Crippen molar-refractivity contribution in [1.29, 1.82) is 0 Å². The third-order valence-electron chi connectivity index (χ3n) is 8.56. The van der Waals surface area contributed by atoms with Gasteiger partial charge in [-0.2, -0.15) is 0 Å². The Labute approximate surface area is 233 Å². The monoisotopic (exact) mass is 531 g/mol. The second-order valence-corrected chi connectivity index (χ2v) is 11.8. The van der Waals surface area contributed by atoms with Crippen molar-refractivity contribution in [2.45, 2.75) is 52.4 Å². The van der Waals surface area contributed by atoms with Crippen LogP contribution in [0.1, 0.15) is 61.0 Å². The number of aromatic nitrogens is 2. The van der Waals surface area contributed by atoms with Crippen LogP contribution in [0, 0.1) is 13.8 Å².